The Bertz CT molecular complexity index is 553. The van der Waals surface area contributed by atoms with Crippen LogP contribution in [-0.4, -0.2) is 26.3 Å². The summed E-state index contributed by atoms with van der Waals surface area (Å²) in [4.78, 5) is 0. The minimum atomic E-state index is 0.157. The third-order valence-corrected chi connectivity index (χ3v) is 3.94. The summed E-state index contributed by atoms with van der Waals surface area (Å²) < 4.78 is 5.28. The van der Waals surface area contributed by atoms with Gasteiger partial charge >= 0.3 is 0 Å². The van der Waals surface area contributed by atoms with Gasteiger partial charge in [0.25, 0.3) is 0 Å². The average molecular weight is 256 g/mol. The maximum atomic E-state index is 5.82. The van der Waals surface area contributed by atoms with Gasteiger partial charge in [-0.2, -0.15) is 0 Å². The van der Waals surface area contributed by atoms with E-state index in [-0.39, 0.29) is 5.41 Å². The fraction of sp³-hybridized carbons (Fsp3) is 0.375. The number of benzene rings is 2. The smallest absolute Gasteiger partial charge is 0.0569 e. The van der Waals surface area contributed by atoms with Crippen molar-refractivity contribution in [3.63, 3.8) is 0 Å². The van der Waals surface area contributed by atoms with Gasteiger partial charge in [-0.1, -0.05) is 42.5 Å². The Kier molecular flexibility index (Phi) is 3.51. The zero-order valence-electron chi connectivity index (χ0n) is 11.1. The highest BCUT2D eigenvalue weighted by molar-refractivity contribution is 5.85. The number of hydrogen-bond acceptors (Lipinski definition) is 3. The van der Waals surface area contributed by atoms with Gasteiger partial charge in [-0.25, -0.2) is 0 Å². The Morgan fingerprint density at radius 2 is 1.89 bits per heavy atom. The number of rotatable bonds is 5. The lowest BCUT2D eigenvalue weighted by atomic mass is 9.86. The fourth-order valence-electron chi connectivity index (χ4n) is 2.59. The number of hydrogen-bond donors (Lipinski definition) is 2. The van der Waals surface area contributed by atoms with Gasteiger partial charge in [-0.3, -0.25) is 0 Å². The molecule has 1 aliphatic rings. The van der Waals surface area contributed by atoms with Gasteiger partial charge in [0.1, 0.15) is 0 Å². The van der Waals surface area contributed by atoms with Crippen LogP contribution in [0.4, 0.5) is 0 Å². The third kappa shape index (κ3) is 2.50. The van der Waals surface area contributed by atoms with Crippen LogP contribution >= 0.6 is 0 Å². The first kappa shape index (κ1) is 12.6. The Balaban J connectivity index is 1.68. The molecule has 1 fully saturated rings. The molecule has 0 aliphatic carbocycles. The van der Waals surface area contributed by atoms with Crippen LogP contribution < -0.4 is 11.1 Å². The maximum absolute atomic E-state index is 5.82. The first-order valence-electron chi connectivity index (χ1n) is 6.78. The van der Waals surface area contributed by atoms with E-state index in [0.29, 0.717) is 6.54 Å². The van der Waals surface area contributed by atoms with Crippen LogP contribution in [0.5, 0.6) is 0 Å². The summed E-state index contributed by atoms with van der Waals surface area (Å²) >= 11 is 0. The van der Waals surface area contributed by atoms with Gasteiger partial charge in [0.2, 0.25) is 0 Å². The minimum absolute atomic E-state index is 0.157. The van der Waals surface area contributed by atoms with Crippen LogP contribution in [0.1, 0.15) is 5.56 Å². The van der Waals surface area contributed by atoms with E-state index in [9.17, 15) is 0 Å². The van der Waals surface area contributed by atoms with Crippen LogP contribution in [0.3, 0.4) is 0 Å². The topological polar surface area (TPSA) is 47.3 Å². The molecule has 3 N–H and O–H groups in total. The van der Waals surface area contributed by atoms with Crippen LogP contribution in [0.2, 0.25) is 0 Å². The second-order valence-corrected chi connectivity index (χ2v) is 5.44. The summed E-state index contributed by atoms with van der Waals surface area (Å²) in [5.41, 5.74) is 7.31. The quantitative estimate of drug-likeness (QED) is 0.859. The molecule has 1 saturated heterocycles. The van der Waals surface area contributed by atoms with Crippen LogP contribution in [0.25, 0.3) is 10.8 Å². The van der Waals surface area contributed by atoms with E-state index in [4.69, 9.17) is 10.5 Å². The van der Waals surface area contributed by atoms with Gasteiger partial charge in [-0.15, -0.1) is 0 Å². The lowest BCUT2D eigenvalue weighted by Crippen LogP contribution is -2.54. The van der Waals surface area contributed by atoms with E-state index in [2.05, 4.69) is 47.8 Å². The molecule has 1 aliphatic heterocycles. The van der Waals surface area contributed by atoms with Crippen molar-refractivity contribution in [2.45, 2.75) is 6.54 Å². The number of fused-ring (bicyclic) bond motifs is 1. The average Bonchev–Trinajstić information content (AvgIpc) is 2.42. The van der Waals surface area contributed by atoms with Gasteiger partial charge < -0.3 is 15.8 Å². The zero-order chi connectivity index (χ0) is 13.1. The molecule has 1 heterocycles. The Morgan fingerprint density at radius 1 is 1.11 bits per heavy atom. The molecule has 3 rings (SSSR count). The molecule has 0 bridgehead atoms. The largest absolute Gasteiger partial charge is 0.380 e. The Morgan fingerprint density at radius 3 is 2.63 bits per heavy atom. The van der Waals surface area contributed by atoms with Crippen molar-refractivity contribution >= 4 is 10.8 Å². The summed E-state index contributed by atoms with van der Waals surface area (Å²) in [7, 11) is 0. The highest BCUT2D eigenvalue weighted by atomic mass is 16.5. The highest BCUT2D eigenvalue weighted by Crippen LogP contribution is 2.25. The SMILES string of the molecule is NCC1(CNCc2cccc3ccccc23)COC1. The van der Waals surface area contributed by atoms with Crippen LogP contribution in [0.15, 0.2) is 42.5 Å². The molecule has 0 radical (unpaired) electrons. The predicted octanol–water partition coefficient (Wildman–Crippen LogP) is 1.90. The number of ether oxygens (including phenoxy) is 1. The van der Waals surface area contributed by atoms with E-state index >= 15 is 0 Å². The second kappa shape index (κ2) is 5.29. The van der Waals surface area contributed by atoms with Gasteiger partial charge in [0.05, 0.1) is 13.2 Å². The van der Waals surface area contributed by atoms with Gasteiger partial charge in [0, 0.05) is 25.0 Å². The summed E-state index contributed by atoms with van der Waals surface area (Å²) in [5, 5.41) is 6.14. The summed E-state index contributed by atoms with van der Waals surface area (Å²) in [6.07, 6.45) is 0. The Labute approximate surface area is 113 Å². The van der Waals surface area contributed by atoms with Crippen molar-refractivity contribution in [3.05, 3.63) is 48.0 Å². The van der Waals surface area contributed by atoms with Crippen molar-refractivity contribution in [1.29, 1.82) is 0 Å². The van der Waals surface area contributed by atoms with Crippen LogP contribution in [-0.2, 0) is 11.3 Å². The second-order valence-electron chi connectivity index (χ2n) is 5.44. The van der Waals surface area contributed by atoms with Crippen molar-refractivity contribution in [2.75, 3.05) is 26.3 Å². The van der Waals surface area contributed by atoms with E-state index in [1.54, 1.807) is 0 Å². The molecule has 0 atom stereocenters. The van der Waals surface area contributed by atoms with Crippen molar-refractivity contribution in [2.24, 2.45) is 11.1 Å². The summed E-state index contributed by atoms with van der Waals surface area (Å²) in [5.74, 6) is 0. The molecule has 0 saturated carbocycles. The molecule has 2 aromatic carbocycles. The molecule has 3 nitrogen and oxygen atoms in total. The van der Waals surface area contributed by atoms with Gasteiger partial charge in [-0.05, 0) is 16.3 Å². The molecular weight excluding hydrogens is 236 g/mol. The number of nitrogens with one attached hydrogen (secondary N) is 1. The molecule has 0 spiro atoms. The van der Waals surface area contributed by atoms with E-state index in [0.717, 1.165) is 26.3 Å². The van der Waals surface area contributed by atoms with Crippen LogP contribution in [0, 0.1) is 5.41 Å². The predicted molar refractivity (Wildman–Crippen MR) is 78.0 cm³/mol. The normalized spacial score (nSPS) is 17.3. The standard InChI is InChI=1S/C16H20N2O/c17-9-16(11-19-12-16)10-18-8-14-6-3-5-13-4-1-2-7-15(13)14/h1-7,18H,8-12,17H2. The molecular formula is C16H20N2O. The molecule has 100 valence electrons. The third-order valence-electron chi connectivity index (χ3n) is 3.94. The van der Waals surface area contributed by atoms with E-state index < -0.39 is 0 Å². The molecule has 2 aromatic rings. The first-order valence-corrected chi connectivity index (χ1v) is 6.78. The lowest BCUT2D eigenvalue weighted by molar-refractivity contribution is -0.105. The molecule has 3 heteroatoms. The highest BCUT2D eigenvalue weighted by Gasteiger charge is 2.36. The molecule has 0 amide bonds. The van der Waals surface area contributed by atoms with Crippen molar-refractivity contribution < 1.29 is 4.74 Å². The molecule has 0 unspecified atom stereocenters. The summed E-state index contributed by atoms with van der Waals surface area (Å²) in [6, 6.07) is 14.9. The number of nitrogens with two attached hydrogens (primary N) is 1. The molecule has 19 heavy (non-hydrogen) atoms. The van der Waals surface area contributed by atoms with E-state index in [1.807, 2.05) is 0 Å². The molecule has 0 aromatic heterocycles. The van der Waals surface area contributed by atoms with Crippen molar-refractivity contribution in [1.82, 2.24) is 5.32 Å². The maximum Gasteiger partial charge on any atom is 0.0569 e. The first-order chi connectivity index (χ1) is 9.33. The van der Waals surface area contributed by atoms with E-state index in [1.165, 1.54) is 16.3 Å². The lowest BCUT2D eigenvalue weighted by Gasteiger charge is -2.40. The van der Waals surface area contributed by atoms with Crippen molar-refractivity contribution in [3.8, 4) is 0 Å². The fourth-order valence-corrected chi connectivity index (χ4v) is 2.59. The zero-order valence-corrected chi connectivity index (χ0v) is 11.1. The van der Waals surface area contributed by atoms with Gasteiger partial charge in [0.15, 0.2) is 0 Å². The summed E-state index contributed by atoms with van der Waals surface area (Å²) in [6.45, 7) is 4.06. The monoisotopic (exact) mass is 256 g/mol. The Hall–Kier alpha value is -1.42. The minimum Gasteiger partial charge on any atom is -0.380 e.